The van der Waals surface area contributed by atoms with Gasteiger partial charge in [-0.25, -0.2) is 9.97 Å². The van der Waals surface area contributed by atoms with Crippen LogP contribution < -0.4 is 5.32 Å². The van der Waals surface area contributed by atoms with Crippen LogP contribution in [0.1, 0.15) is 11.3 Å². The number of aryl methyl sites for hydroxylation is 2. The number of anilines is 1. The number of nitrogens with zero attached hydrogens (tertiary/aromatic N) is 4. The molecular formula is C14H14ClN5. The number of halogens is 1. The summed E-state index contributed by atoms with van der Waals surface area (Å²) in [4.78, 5) is 8.48. The number of para-hydroxylation sites is 1. The van der Waals surface area contributed by atoms with Crippen LogP contribution in [0.2, 0.25) is 5.28 Å². The average molecular weight is 288 g/mol. The van der Waals surface area contributed by atoms with Crippen LogP contribution in [0.25, 0.3) is 10.9 Å². The van der Waals surface area contributed by atoms with Gasteiger partial charge in [0, 0.05) is 30.7 Å². The molecule has 6 heteroatoms. The summed E-state index contributed by atoms with van der Waals surface area (Å²) in [5.74, 6) is 0.740. The summed E-state index contributed by atoms with van der Waals surface area (Å²) < 4.78 is 1.80. The lowest BCUT2D eigenvalue weighted by molar-refractivity contribution is 0.756. The Morgan fingerprint density at radius 3 is 2.80 bits per heavy atom. The van der Waals surface area contributed by atoms with Gasteiger partial charge in [-0.3, -0.25) is 4.68 Å². The van der Waals surface area contributed by atoms with E-state index in [0.29, 0.717) is 6.54 Å². The third-order valence-electron chi connectivity index (χ3n) is 3.14. The van der Waals surface area contributed by atoms with Gasteiger partial charge in [-0.1, -0.05) is 12.1 Å². The van der Waals surface area contributed by atoms with E-state index in [2.05, 4.69) is 20.4 Å². The van der Waals surface area contributed by atoms with Crippen molar-refractivity contribution in [2.24, 2.45) is 7.05 Å². The molecule has 0 unspecified atom stereocenters. The van der Waals surface area contributed by atoms with Gasteiger partial charge in [0.05, 0.1) is 11.2 Å². The Kier molecular flexibility index (Phi) is 3.28. The van der Waals surface area contributed by atoms with Crippen molar-refractivity contribution in [1.29, 1.82) is 0 Å². The number of hydrogen-bond acceptors (Lipinski definition) is 4. The minimum atomic E-state index is 0.245. The highest BCUT2D eigenvalue weighted by molar-refractivity contribution is 6.28. The van der Waals surface area contributed by atoms with Gasteiger partial charge in [0.15, 0.2) is 0 Å². The Morgan fingerprint density at radius 1 is 1.25 bits per heavy atom. The summed E-state index contributed by atoms with van der Waals surface area (Å²) in [6.07, 6.45) is 1.99. The second kappa shape index (κ2) is 5.09. The molecule has 2 aromatic heterocycles. The Morgan fingerprint density at radius 2 is 2.05 bits per heavy atom. The number of aromatic nitrogens is 4. The molecule has 0 saturated heterocycles. The Bertz CT molecular complexity index is 765. The van der Waals surface area contributed by atoms with E-state index in [9.17, 15) is 0 Å². The Hall–Kier alpha value is -2.14. The highest BCUT2D eigenvalue weighted by Crippen LogP contribution is 2.22. The van der Waals surface area contributed by atoms with E-state index in [4.69, 9.17) is 11.6 Å². The monoisotopic (exact) mass is 287 g/mol. The smallest absolute Gasteiger partial charge is 0.224 e. The molecule has 5 nitrogen and oxygen atoms in total. The Balaban J connectivity index is 1.92. The van der Waals surface area contributed by atoms with Crippen molar-refractivity contribution in [3.05, 3.63) is 47.0 Å². The molecule has 0 aliphatic heterocycles. The topological polar surface area (TPSA) is 55.6 Å². The molecule has 1 aromatic carbocycles. The zero-order valence-electron chi connectivity index (χ0n) is 11.3. The molecule has 1 N–H and O–H groups in total. The van der Waals surface area contributed by atoms with Gasteiger partial charge >= 0.3 is 0 Å². The molecule has 0 saturated carbocycles. The predicted molar refractivity (Wildman–Crippen MR) is 79.8 cm³/mol. The number of hydrogen-bond donors (Lipinski definition) is 1. The second-order valence-electron chi connectivity index (χ2n) is 4.63. The van der Waals surface area contributed by atoms with Gasteiger partial charge in [0.1, 0.15) is 5.82 Å². The molecule has 0 radical (unpaired) electrons. The number of rotatable bonds is 3. The quantitative estimate of drug-likeness (QED) is 0.753. The van der Waals surface area contributed by atoms with Crippen molar-refractivity contribution < 1.29 is 0 Å². The fraction of sp³-hybridized carbons (Fsp3) is 0.214. The predicted octanol–water partition coefficient (Wildman–Crippen LogP) is 2.94. The normalized spacial score (nSPS) is 10.9. The third kappa shape index (κ3) is 2.44. The maximum absolute atomic E-state index is 5.96. The molecule has 20 heavy (non-hydrogen) atoms. The van der Waals surface area contributed by atoms with E-state index in [1.54, 1.807) is 4.68 Å². The highest BCUT2D eigenvalue weighted by Gasteiger charge is 2.08. The van der Waals surface area contributed by atoms with E-state index in [1.165, 1.54) is 0 Å². The first-order valence-corrected chi connectivity index (χ1v) is 6.66. The minimum Gasteiger partial charge on any atom is -0.365 e. The molecule has 0 aliphatic carbocycles. The third-order valence-corrected chi connectivity index (χ3v) is 3.31. The van der Waals surface area contributed by atoms with Crippen LogP contribution in [-0.2, 0) is 13.6 Å². The maximum atomic E-state index is 5.96. The van der Waals surface area contributed by atoms with Crippen molar-refractivity contribution in [2.45, 2.75) is 13.5 Å². The number of fused-ring (bicyclic) bond motifs is 1. The zero-order chi connectivity index (χ0) is 14.1. The summed E-state index contributed by atoms with van der Waals surface area (Å²) in [6, 6.07) is 7.79. The van der Waals surface area contributed by atoms with Crippen LogP contribution in [0.15, 0.2) is 30.5 Å². The van der Waals surface area contributed by atoms with Crippen molar-refractivity contribution in [1.82, 2.24) is 19.7 Å². The first-order valence-electron chi connectivity index (χ1n) is 6.29. The van der Waals surface area contributed by atoms with Gasteiger partial charge < -0.3 is 5.32 Å². The van der Waals surface area contributed by atoms with Crippen LogP contribution in [0.4, 0.5) is 5.82 Å². The average Bonchev–Trinajstić information content (AvgIpc) is 2.74. The first kappa shape index (κ1) is 12.9. The van der Waals surface area contributed by atoms with E-state index >= 15 is 0 Å². The minimum absolute atomic E-state index is 0.245. The number of benzene rings is 1. The molecule has 0 spiro atoms. The van der Waals surface area contributed by atoms with Gasteiger partial charge in [-0.05, 0) is 30.7 Å². The lowest BCUT2D eigenvalue weighted by atomic mass is 10.2. The molecular weight excluding hydrogens is 274 g/mol. The van der Waals surface area contributed by atoms with Crippen LogP contribution in [0, 0.1) is 6.92 Å². The zero-order valence-corrected chi connectivity index (χ0v) is 12.0. The summed E-state index contributed by atoms with van der Waals surface area (Å²) >= 11 is 5.96. The van der Waals surface area contributed by atoms with Crippen LogP contribution in [0.3, 0.4) is 0 Å². The molecule has 0 amide bonds. The van der Waals surface area contributed by atoms with E-state index in [0.717, 1.165) is 28.0 Å². The van der Waals surface area contributed by atoms with E-state index in [-0.39, 0.29) is 5.28 Å². The molecule has 102 valence electrons. The van der Waals surface area contributed by atoms with Crippen molar-refractivity contribution in [3.63, 3.8) is 0 Å². The molecule has 0 atom stereocenters. The summed E-state index contributed by atoms with van der Waals surface area (Å²) in [6.45, 7) is 2.64. The molecule has 3 aromatic rings. The highest BCUT2D eigenvalue weighted by atomic mass is 35.5. The van der Waals surface area contributed by atoms with Gasteiger partial charge in [-0.15, -0.1) is 0 Å². The van der Waals surface area contributed by atoms with Gasteiger partial charge in [0.25, 0.3) is 0 Å². The molecule has 0 bridgehead atoms. The van der Waals surface area contributed by atoms with E-state index in [1.807, 2.05) is 44.4 Å². The van der Waals surface area contributed by atoms with E-state index < -0.39 is 0 Å². The van der Waals surface area contributed by atoms with Crippen molar-refractivity contribution in [3.8, 4) is 0 Å². The molecule has 2 heterocycles. The standard InChI is InChI=1S/C14H14ClN5/c1-9-10(8-20(2)19-9)7-16-13-11-5-3-4-6-12(11)17-14(15)18-13/h3-6,8H,7H2,1-2H3,(H,16,17,18). The first-order chi connectivity index (χ1) is 9.63. The SMILES string of the molecule is Cc1nn(C)cc1CNc1nc(Cl)nc2ccccc12. The molecule has 0 aliphatic rings. The van der Waals surface area contributed by atoms with Crippen LogP contribution in [0.5, 0.6) is 0 Å². The second-order valence-corrected chi connectivity index (χ2v) is 4.96. The fourth-order valence-corrected chi connectivity index (χ4v) is 2.36. The van der Waals surface area contributed by atoms with Crippen LogP contribution >= 0.6 is 11.6 Å². The molecule has 0 fully saturated rings. The summed E-state index contributed by atoms with van der Waals surface area (Å²) in [5.41, 5.74) is 2.97. The van der Waals surface area contributed by atoms with Crippen molar-refractivity contribution >= 4 is 28.3 Å². The summed E-state index contributed by atoms with van der Waals surface area (Å²) in [7, 11) is 1.91. The largest absolute Gasteiger partial charge is 0.365 e. The summed E-state index contributed by atoms with van der Waals surface area (Å²) in [5, 5.41) is 8.83. The maximum Gasteiger partial charge on any atom is 0.224 e. The van der Waals surface area contributed by atoms with Crippen LogP contribution in [-0.4, -0.2) is 19.7 Å². The lowest BCUT2D eigenvalue weighted by Gasteiger charge is -2.08. The number of nitrogens with one attached hydrogen (secondary N) is 1. The van der Waals surface area contributed by atoms with Gasteiger partial charge in [-0.2, -0.15) is 5.10 Å². The fourth-order valence-electron chi connectivity index (χ4n) is 2.18. The molecule has 3 rings (SSSR count). The lowest BCUT2D eigenvalue weighted by Crippen LogP contribution is -2.03. The van der Waals surface area contributed by atoms with Gasteiger partial charge in [0.2, 0.25) is 5.28 Å². The van der Waals surface area contributed by atoms with Crippen molar-refractivity contribution in [2.75, 3.05) is 5.32 Å². The Labute approximate surface area is 121 Å².